The van der Waals surface area contributed by atoms with Gasteiger partial charge in [0, 0.05) is 25.2 Å². The summed E-state index contributed by atoms with van der Waals surface area (Å²) in [6.07, 6.45) is 3.78. The van der Waals surface area contributed by atoms with Crippen LogP contribution in [0.2, 0.25) is 0 Å². The minimum atomic E-state index is -0.490. The molecule has 0 radical (unpaired) electrons. The van der Waals surface area contributed by atoms with Crippen LogP contribution in [0, 0.1) is 22.2 Å². The van der Waals surface area contributed by atoms with Crippen molar-refractivity contribution in [2.24, 2.45) is 10.8 Å². The molecule has 0 heterocycles. The highest BCUT2D eigenvalue weighted by molar-refractivity contribution is 5.76. The Morgan fingerprint density at radius 2 is 1.70 bits per heavy atom. The van der Waals surface area contributed by atoms with E-state index >= 15 is 0 Å². The van der Waals surface area contributed by atoms with Crippen LogP contribution in [0.4, 0.5) is 0 Å². The monoisotopic (exact) mass is 324 g/mol. The number of hydrogen-bond acceptors (Lipinski definition) is 3. The molecule has 4 heteroatoms. The van der Waals surface area contributed by atoms with Crippen LogP contribution in [0.1, 0.15) is 80.6 Å². The molecular weight excluding hydrogens is 288 g/mol. The van der Waals surface area contributed by atoms with Crippen LogP contribution in [0.15, 0.2) is 0 Å². The minimum absolute atomic E-state index is 0.0141. The lowest BCUT2D eigenvalue weighted by atomic mass is 9.63. The maximum atomic E-state index is 12.3. The van der Waals surface area contributed by atoms with E-state index in [0.717, 1.165) is 19.3 Å². The van der Waals surface area contributed by atoms with Gasteiger partial charge in [-0.05, 0) is 52.4 Å². The lowest BCUT2D eigenvalue weighted by molar-refractivity contribution is -0.123. The minimum Gasteiger partial charge on any atom is -0.382 e. The molecule has 0 saturated heterocycles. The maximum absolute atomic E-state index is 12.3. The van der Waals surface area contributed by atoms with Crippen molar-refractivity contribution in [2.45, 2.75) is 86.1 Å². The van der Waals surface area contributed by atoms with Gasteiger partial charge in [0.25, 0.3) is 0 Å². The molecule has 1 N–H and O–H groups in total. The van der Waals surface area contributed by atoms with Gasteiger partial charge in [-0.15, -0.1) is 0 Å². The maximum Gasteiger partial charge on any atom is 0.220 e. The summed E-state index contributed by atoms with van der Waals surface area (Å²) in [4.78, 5) is 12.3. The third-order valence-electron chi connectivity index (χ3n) is 5.02. The standard InChI is InChI=1S/C19H36N2O2/c1-8-11-17(3,4)19(7,15-20)12-10-16(22)21-18(5,6)13-14-23-9-2/h8-14H2,1-7H3,(H,21,22). The number of carbonyl (C=O) groups excluding carboxylic acids is 1. The summed E-state index contributed by atoms with van der Waals surface area (Å²) < 4.78 is 5.36. The van der Waals surface area contributed by atoms with Gasteiger partial charge in [-0.3, -0.25) is 4.79 Å². The molecule has 1 atom stereocenters. The molecular formula is C19H36N2O2. The first-order valence-electron chi connectivity index (χ1n) is 8.83. The second-order valence-corrected chi connectivity index (χ2v) is 7.96. The molecule has 0 aromatic rings. The first-order valence-corrected chi connectivity index (χ1v) is 8.83. The second-order valence-electron chi connectivity index (χ2n) is 7.96. The van der Waals surface area contributed by atoms with E-state index in [-0.39, 0.29) is 16.9 Å². The van der Waals surface area contributed by atoms with Crippen molar-refractivity contribution < 1.29 is 9.53 Å². The largest absolute Gasteiger partial charge is 0.382 e. The first kappa shape index (κ1) is 21.9. The van der Waals surface area contributed by atoms with Gasteiger partial charge in [-0.1, -0.05) is 27.2 Å². The Morgan fingerprint density at radius 3 is 2.17 bits per heavy atom. The van der Waals surface area contributed by atoms with Gasteiger partial charge in [-0.2, -0.15) is 5.26 Å². The zero-order chi connectivity index (χ0) is 18.1. The van der Waals surface area contributed by atoms with Crippen molar-refractivity contribution in [1.29, 1.82) is 5.26 Å². The van der Waals surface area contributed by atoms with E-state index in [1.54, 1.807) is 0 Å². The summed E-state index contributed by atoms with van der Waals surface area (Å²) in [5.74, 6) is 0.0141. The Hall–Kier alpha value is -1.08. The number of nitrogens with one attached hydrogen (secondary N) is 1. The summed E-state index contributed by atoms with van der Waals surface area (Å²) in [5, 5.41) is 12.7. The van der Waals surface area contributed by atoms with E-state index in [2.05, 4.69) is 32.2 Å². The van der Waals surface area contributed by atoms with Gasteiger partial charge in [0.2, 0.25) is 5.91 Å². The third kappa shape index (κ3) is 7.35. The van der Waals surface area contributed by atoms with Crippen molar-refractivity contribution in [3.63, 3.8) is 0 Å². The predicted octanol–water partition coefficient (Wildman–Crippen LogP) is 4.44. The number of ether oxygens (including phenoxy) is 1. The van der Waals surface area contributed by atoms with E-state index in [1.807, 2.05) is 27.7 Å². The van der Waals surface area contributed by atoms with Crippen molar-refractivity contribution in [1.82, 2.24) is 5.32 Å². The molecule has 0 bridgehead atoms. The zero-order valence-electron chi connectivity index (χ0n) is 16.2. The fourth-order valence-electron chi connectivity index (χ4n) is 2.78. The summed E-state index contributed by atoms with van der Waals surface area (Å²) in [5.41, 5.74) is -0.870. The molecule has 0 fully saturated rings. The molecule has 0 aromatic carbocycles. The molecule has 23 heavy (non-hydrogen) atoms. The van der Waals surface area contributed by atoms with E-state index in [1.165, 1.54) is 0 Å². The van der Waals surface area contributed by atoms with Crippen molar-refractivity contribution in [3.05, 3.63) is 0 Å². The van der Waals surface area contributed by atoms with Gasteiger partial charge in [0.15, 0.2) is 0 Å². The highest BCUT2D eigenvalue weighted by Crippen LogP contribution is 2.45. The average Bonchev–Trinajstić information content (AvgIpc) is 2.44. The van der Waals surface area contributed by atoms with Crippen molar-refractivity contribution in [2.75, 3.05) is 13.2 Å². The van der Waals surface area contributed by atoms with E-state index in [9.17, 15) is 10.1 Å². The lowest BCUT2D eigenvalue weighted by Gasteiger charge is -2.39. The Bertz CT molecular complexity index is 410. The van der Waals surface area contributed by atoms with Crippen LogP contribution in [0.3, 0.4) is 0 Å². The van der Waals surface area contributed by atoms with Crippen LogP contribution in [0.5, 0.6) is 0 Å². The molecule has 0 spiro atoms. The SMILES string of the molecule is CCCC(C)(C)C(C)(C#N)CCC(=O)NC(C)(C)CCOCC. The number of rotatable bonds is 11. The van der Waals surface area contributed by atoms with E-state index in [0.29, 0.717) is 26.1 Å². The number of hydrogen-bond donors (Lipinski definition) is 1. The summed E-state index contributed by atoms with van der Waals surface area (Å²) in [6, 6.07) is 2.46. The van der Waals surface area contributed by atoms with E-state index < -0.39 is 5.41 Å². The topological polar surface area (TPSA) is 62.1 Å². The van der Waals surface area contributed by atoms with Crippen molar-refractivity contribution in [3.8, 4) is 6.07 Å². The number of nitriles is 1. The van der Waals surface area contributed by atoms with Crippen LogP contribution in [-0.4, -0.2) is 24.7 Å². The highest BCUT2D eigenvalue weighted by atomic mass is 16.5. The first-order chi connectivity index (χ1) is 10.5. The number of nitrogens with zero attached hydrogens (tertiary/aromatic N) is 1. The fraction of sp³-hybridized carbons (Fsp3) is 0.895. The number of carbonyl (C=O) groups is 1. The number of amides is 1. The van der Waals surface area contributed by atoms with Crippen molar-refractivity contribution >= 4 is 5.91 Å². The second kappa shape index (κ2) is 9.27. The molecule has 0 saturated carbocycles. The van der Waals surface area contributed by atoms with Crippen LogP contribution in [-0.2, 0) is 9.53 Å². The molecule has 134 valence electrons. The van der Waals surface area contributed by atoms with Gasteiger partial charge in [0.05, 0.1) is 11.5 Å². The van der Waals surface area contributed by atoms with E-state index in [4.69, 9.17) is 4.74 Å². The lowest BCUT2D eigenvalue weighted by Crippen LogP contribution is -2.45. The summed E-state index contributed by atoms with van der Waals surface area (Å²) >= 11 is 0. The Balaban J connectivity index is 4.59. The smallest absolute Gasteiger partial charge is 0.220 e. The van der Waals surface area contributed by atoms with Gasteiger partial charge in [0.1, 0.15) is 0 Å². The quantitative estimate of drug-likeness (QED) is 0.571. The third-order valence-corrected chi connectivity index (χ3v) is 5.02. The Morgan fingerprint density at radius 1 is 1.09 bits per heavy atom. The van der Waals surface area contributed by atoms with Gasteiger partial charge < -0.3 is 10.1 Å². The molecule has 0 aliphatic carbocycles. The normalized spacial score (nSPS) is 14.9. The molecule has 0 aliphatic rings. The fourth-order valence-corrected chi connectivity index (χ4v) is 2.78. The Labute approximate surface area is 143 Å². The molecule has 0 aromatic heterocycles. The molecule has 1 unspecified atom stereocenters. The van der Waals surface area contributed by atoms with Crippen LogP contribution >= 0.6 is 0 Å². The summed E-state index contributed by atoms with van der Waals surface area (Å²) in [6.45, 7) is 15.7. The van der Waals surface area contributed by atoms with Crippen LogP contribution < -0.4 is 5.32 Å². The molecule has 1 amide bonds. The Kier molecular flexibility index (Phi) is 8.84. The van der Waals surface area contributed by atoms with Gasteiger partial charge in [-0.25, -0.2) is 0 Å². The summed E-state index contributed by atoms with van der Waals surface area (Å²) in [7, 11) is 0. The average molecular weight is 325 g/mol. The molecule has 0 aliphatic heterocycles. The van der Waals surface area contributed by atoms with Crippen LogP contribution in [0.25, 0.3) is 0 Å². The zero-order valence-corrected chi connectivity index (χ0v) is 16.2. The highest BCUT2D eigenvalue weighted by Gasteiger charge is 2.40. The molecule has 0 rings (SSSR count). The predicted molar refractivity (Wildman–Crippen MR) is 95.0 cm³/mol. The van der Waals surface area contributed by atoms with Gasteiger partial charge >= 0.3 is 0 Å². The molecule has 4 nitrogen and oxygen atoms in total.